The third-order valence-electron chi connectivity index (χ3n) is 2.45. The highest BCUT2D eigenvalue weighted by Gasteiger charge is 2.52. The van der Waals surface area contributed by atoms with Gasteiger partial charge in [-0.05, 0) is 33.6 Å². The van der Waals surface area contributed by atoms with Crippen molar-refractivity contribution in [1.29, 1.82) is 0 Å². The lowest BCUT2D eigenvalue weighted by Gasteiger charge is -2.41. The van der Waals surface area contributed by atoms with Crippen molar-refractivity contribution < 1.29 is 24.5 Å². The molecule has 1 rings (SSSR count). The number of carboxylic acids is 1. The maximum absolute atomic E-state index is 11.3. The molecule has 6 nitrogen and oxygen atoms in total. The second-order valence-corrected chi connectivity index (χ2v) is 4.97. The van der Waals surface area contributed by atoms with Gasteiger partial charge >= 0.3 is 12.1 Å². The van der Waals surface area contributed by atoms with Gasteiger partial charge in [0.05, 0.1) is 6.04 Å². The molecule has 16 heavy (non-hydrogen) atoms. The Morgan fingerprint density at radius 2 is 2.00 bits per heavy atom. The third kappa shape index (κ3) is 2.63. The summed E-state index contributed by atoms with van der Waals surface area (Å²) >= 11 is 0. The van der Waals surface area contributed by atoms with Crippen molar-refractivity contribution in [1.82, 2.24) is 5.32 Å². The number of aliphatic hydroxyl groups is 1. The van der Waals surface area contributed by atoms with Crippen molar-refractivity contribution in [2.24, 2.45) is 0 Å². The summed E-state index contributed by atoms with van der Waals surface area (Å²) in [6, 6.07) is -0.778. The Hall–Kier alpha value is -1.30. The highest BCUT2D eigenvalue weighted by molar-refractivity contribution is 5.81. The summed E-state index contributed by atoms with van der Waals surface area (Å²) in [5.41, 5.74) is -2.49. The fourth-order valence-corrected chi connectivity index (χ4v) is 1.46. The normalized spacial score (nSPS) is 29.1. The summed E-state index contributed by atoms with van der Waals surface area (Å²) in [5.74, 6) is -1.32. The summed E-state index contributed by atoms with van der Waals surface area (Å²) in [6.45, 7) is 5.12. The fourth-order valence-electron chi connectivity index (χ4n) is 1.46. The molecular formula is C10H17NO5. The minimum atomic E-state index is -1.85. The van der Waals surface area contributed by atoms with Gasteiger partial charge in [-0.1, -0.05) is 0 Å². The Morgan fingerprint density at radius 1 is 1.44 bits per heavy atom. The number of aliphatic carboxylic acids is 1. The van der Waals surface area contributed by atoms with E-state index in [-0.39, 0.29) is 6.42 Å². The predicted octanol–water partition coefficient (Wildman–Crippen LogP) is 0.489. The molecule has 6 heteroatoms. The van der Waals surface area contributed by atoms with Gasteiger partial charge in [0.15, 0.2) is 5.60 Å². The molecule has 0 aromatic carbocycles. The third-order valence-corrected chi connectivity index (χ3v) is 2.45. The van der Waals surface area contributed by atoms with Crippen LogP contribution in [0, 0.1) is 0 Å². The molecule has 1 aliphatic rings. The van der Waals surface area contributed by atoms with E-state index in [9.17, 15) is 14.7 Å². The molecule has 1 aliphatic carbocycles. The summed E-state index contributed by atoms with van der Waals surface area (Å²) < 4.78 is 4.96. The Bertz CT molecular complexity index is 309. The number of amides is 1. The lowest BCUT2D eigenvalue weighted by Crippen LogP contribution is -2.64. The minimum Gasteiger partial charge on any atom is -0.479 e. The maximum Gasteiger partial charge on any atom is 0.407 e. The van der Waals surface area contributed by atoms with E-state index in [0.29, 0.717) is 6.42 Å². The van der Waals surface area contributed by atoms with Crippen molar-refractivity contribution >= 4 is 12.1 Å². The topological polar surface area (TPSA) is 95.9 Å². The number of ether oxygens (including phenoxy) is 1. The van der Waals surface area contributed by atoms with Crippen molar-refractivity contribution in [3.05, 3.63) is 0 Å². The van der Waals surface area contributed by atoms with E-state index in [1.165, 1.54) is 0 Å². The number of hydrogen-bond acceptors (Lipinski definition) is 4. The summed E-state index contributed by atoms with van der Waals surface area (Å²) in [6.07, 6.45) is -0.137. The van der Waals surface area contributed by atoms with Gasteiger partial charge in [0.2, 0.25) is 0 Å². The summed E-state index contributed by atoms with van der Waals surface area (Å²) in [7, 11) is 0. The molecule has 0 spiro atoms. The molecule has 2 atom stereocenters. The molecule has 0 bridgehead atoms. The molecule has 1 saturated carbocycles. The molecule has 0 saturated heterocycles. The van der Waals surface area contributed by atoms with Crippen LogP contribution < -0.4 is 5.32 Å². The van der Waals surface area contributed by atoms with Crippen LogP contribution in [0.1, 0.15) is 33.6 Å². The monoisotopic (exact) mass is 231 g/mol. The van der Waals surface area contributed by atoms with Crippen LogP contribution in [-0.2, 0) is 9.53 Å². The number of alkyl carbamates (subject to hydrolysis) is 1. The molecule has 0 aliphatic heterocycles. The van der Waals surface area contributed by atoms with Crippen molar-refractivity contribution in [2.75, 3.05) is 0 Å². The smallest absolute Gasteiger partial charge is 0.407 e. The largest absolute Gasteiger partial charge is 0.479 e. The van der Waals surface area contributed by atoms with Crippen LogP contribution in [0.2, 0.25) is 0 Å². The minimum absolute atomic E-state index is 0.142. The van der Waals surface area contributed by atoms with Crippen LogP contribution in [0.25, 0.3) is 0 Å². The molecule has 0 heterocycles. The van der Waals surface area contributed by atoms with Gasteiger partial charge < -0.3 is 20.3 Å². The molecule has 3 N–H and O–H groups in total. The standard InChI is InChI=1S/C10H17NO5/c1-9(2,3)16-8(14)11-6-4-5-10(6,15)7(12)13/h6,15H,4-5H2,1-3H3,(H,11,14)(H,12,13). The van der Waals surface area contributed by atoms with Crippen LogP contribution in [0.4, 0.5) is 4.79 Å². The van der Waals surface area contributed by atoms with E-state index in [1.807, 2.05) is 0 Å². The van der Waals surface area contributed by atoms with E-state index in [2.05, 4.69) is 5.32 Å². The van der Waals surface area contributed by atoms with E-state index in [0.717, 1.165) is 0 Å². The van der Waals surface area contributed by atoms with Gasteiger partial charge in [-0.2, -0.15) is 0 Å². The average Bonchev–Trinajstić information content (AvgIpc) is 2.08. The zero-order valence-electron chi connectivity index (χ0n) is 9.61. The first kappa shape index (κ1) is 12.8. The number of hydrogen-bond donors (Lipinski definition) is 3. The first-order valence-electron chi connectivity index (χ1n) is 5.10. The first-order chi connectivity index (χ1) is 7.15. The van der Waals surface area contributed by atoms with Crippen molar-refractivity contribution in [3.63, 3.8) is 0 Å². The van der Waals surface area contributed by atoms with Gasteiger partial charge in [-0.3, -0.25) is 0 Å². The zero-order valence-corrected chi connectivity index (χ0v) is 9.61. The second-order valence-electron chi connectivity index (χ2n) is 4.97. The summed E-state index contributed by atoms with van der Waals surface area (Å²) in [4.78, 5) is 22.1. The van der Waals surface area contributed by atoms with Gasteiger partial charge in [-0.25, -0.2) is 9.59 Å². The van der Waals surface area contributed by atoms with E-state index < -0.39 is 29.3 Å². The molecule has 2 unspecified atom stereocenters. The molecule has 0 aromatic rings. The number of carbonyl (C=O) groups excluding carboxylic acids is 1. The number of rotatable bonds is 2. The average molecular weight is 231 g/mol. The number of nitrogens with one attached hydrogen (secondary N) is 1. The molecule has 1 fully saturated rings. The van der Waals surface area contributed by atoms with Gasteiger partial charge in [-0.15, -0.1) is 0 Å². The van der Waals surface area contributed by atoms with Crippen molar-refractivity contribution in [3.8, 4) is 0 Å². The Balaban J connectivity index is 2.51. The number of carbonyl (C=O) groups is 2. The van der Waals surface area contributed by atoms with Gasteiger partial charge in [0.1, 0.15) is 5.60 Å². The highest BCUT2D eigenvalue weighted by atomic mass is 16.6. The lowest BCUT2D eigenvalue weighted by molar-refractivity contribution is -0.172. The van der Waals surface area contributed by atoms with E-state index in [1.54, 1.807) is 20.8 Å². The lowest BCUT2D eigenvalue weighted by atomic mass is 9.75. The van der Waals surface area contributed by atoms with Gasteiger partial charge in [0.25, 0.3) is 0 Å². The van der Waals surface area contributed by atoms with Crippen LogP contribution in [-0.4, -0.2) is 39.5 Å². The maximum atomic E-state index is 11.3. The van der Waals surface area contributed by atoms with Crippen LogP contribution in [0.3, 0.4) is 0 Å². The second kappa shape index (κ2) is 3.93. The van der Waals surface area contributed by atoms with Crippen LogP contribution in [0.15, 0.2) is 0 Å². The highest BCUT2D eigenvalue weighted by Crippen LogP contribution is 2.32. The SMILES string of the molecule is CC(C)(C)OC(=O)NC1CCC1(O)C(=O)O. The van der Waals surface area contributed by atoms with E-state index >= 15 is 0 Å². The Labute approximate surface area is 93.6 Å². The molecular weight excluding hydrogens is 214 g/mol. The number of carboxylic acid groups (broad SMARTS) is 1. The quantitative estimate of drug-likeness (QED) is 0.642. The molecule has 0 radical (unpaired) electrons. The molecule has 0 aromatic heterocycles. The van der Waals surface area contributed by atoms with Crippen molar-refractivity contribution in [2.45, 2.75) is 50.9 Å². The zero-order chi connectivity index (χ0) is 12.6. The van der Waals surface area contributed by atoms with Crippen LogP contribution in [0.5, 0.6) is 0 Å². The van der Waals surface area contributed by atoms with Crippen LogP contribution >= 0.6 is 0 Å². The first-order valence-corrected chi connectivity index (χ1v) is 5.10. The fraction of sp³-hybridized carbons (Fsp3) is 0.800. The van der Waals surface area contributed by atoms with Gasteiger partial charge in [0, 0.05) is 0 Å². The van der Waals surface area contributed by atoms with E-state index in [4.69, 9.17) is 9.84 Å². The molecule has 92 valence electrons. The Morgan fingerprint density at radius 3 is 2.31 bits per heavy atom. The molecule has 1 amide bonds. The Kier molecular flexibility index (Phi) is 3.14. The summed E-state index contributed by atoms with van der Waals surface area (Å²) in [5, 5.41) is 20.7. The predicted molar refractivity (Wildman–Crippen MR) is 55.0 cm³/mol.